The molecule has 1 aliphatic rings. The lowest BCUT2D eigenvalue weighted by Crippen LogP contribution is -2.40. The first-order valence-electron chi connectivity index (χ1n) is 8.65. The molecule has 2 heterocycles. The second-order valence-electron chi connectivity index (χ2n) is 6.61. The zero-order chi connectivity index (χ0) is 17.8. The lowest BCUT2D eigenvalue weighted by molar-refractivity contribution is 0.126. The Morgan fingerprint density at radius 1 is 1.12 bits per heavy atom. The van der Waals surface area contributed by atoms with E-state index >= 15 is 0 Å². The van der Waals surface area contributed by atoms with Crippen LogP contribution in [0.4, 0.5) is 0 Å². The van der Waals surface area contributed by atoms with E-state index in [0.717, 1.165) is 25.2 Å². The summed E-state index contributed by atoms with van der Waals surface area (Å²) in [7, 11) is 4.93. The number of aromatic nitrogens is 2. The first-order chi connectivity index (χ1) is 12.2. The van der Waals surface area contributed by atoms with Gasteiger partial charge >= 0.3 is 0 Å². The molecule has 0 aliphatic carbocycles. The number of methoxy groups -OCH3 is 3. The van der Waals surface area contributed by atoms with E-state index in [1.165, 1.54) is 6.42 Å². The molecule has 0 N–H and O–H groups in total. The Balaban J connectivity index is 1.78. The van der Waals surface area contributed by atoms with Crippen LogP contribution in [-0.4, -0.2) is 48.9 Å². The zero-order valence-corrected chi connectivity index (χ0v) is 15.4. The maximum atomic E-state index is 5.47. The predicted octanol–water partition coefficient (Wildman–Crippen LogP) is 2.99. The van der Waals surface area contributed by atoms with Crippen molar-refractivity contribution in [3.05, 3.63) is 36.4 Å². The smallest absolute Gasteiger partial charge is 0.203 e. The van der Waals surface area contributed by atoms with Crippen LogP contribution in [0, 0.1) is 5.92 Å². The lowest BCUT2D eigenvalue weighted by Gasteiger charge is -2.37. The maximum absolute atomic E-state index is 5.47. The number of imidazole rings is 1. The van der Waals surface area contributed by atoms with E-state index in [0.29, 0.717) is 29.2 Å². The third kappa shape index (κ3) is 3.74. The Labute approximate surface area is 149 Å². The molecule has 6 heteroatoms. The lowest BCUT2D eigenvalue weighted by atomic mass is 9.93. The minimum atomic E-state index is 0.457. The molecular weight excluding hydrogens is 318 g/mol. The van der Waals surface area contributed by atoms with E-state index in [2.05, 4.69) is 27.6 Å². The van der Waals surface area contributed by atoms with E-state index in [1.807, 2.05) is 24.7 Å². The van der Waals surface area contributed by atoms with Crippen LogP contribution in [0.3, 0.4) is 0 Å². The van der Waals surface area contributed by atoms with Gasteiger partial charge in [0.2, 0.25) is 5.75 Å². The molecule has 0 spiro atoms. The number of nitrogens with zero attached hydrogens (tertiary/aromatic N) is 3. The molecule has 0 bridgehead atoms. The summed E-state index contributed by atoms with van der Waals surface area (Å²) in [4.78, 5) is 6.68. The SMILES string of the molecule is COc1cc(CN2CC[C@H](C)[C@@H](n3ccnc3)C2)cc(OC)c1OC. The highest BCUT2D eigenvalue weighted by atomic mass is 16.5. The molecule has 1 aromatic heterocycles. The quantitative estimate of drug-likeness (QED) is 0.805. The van der Waals surface area contributed by atoms with Gasteiger partial charge in [0.05, 0.1) is 27.7 Å². The van der Waals surface area contributed by atoms with Crippen molar-refractivity contribution >= 4 is 0 Å². The highest BCUT2D eigenvalue weighted by molar-refractivity contribution is 5.53. The van der Waals surface area contributed by atoms with Crippen LogP contribution in [-0.2, 0) is 6.54 Å². The molecule has 1 aromatic carbocycles. The average Bonchev–Trinajstić information content (AvgIpc) is 3.16. The Bertz CT molecular complexity index is 662. The van der Waals surface area contributed by atoms with Crippen molar-refractivity contribution in [1.29, 1.82) is 0 Å². The third-order valence-electron chi connectivity index (χ3n) is 5.04. The summed E-state index contributed by atoms with van der Waals surface area (Å²) in [5.74, 6) is 2.68. The van der Waals surface area contributed by atoms with Gasteiger partial charge in [0.1, 0.15) is 0 Å². The minimum absolute atomic E-state index is 0.457. The summed E-state index contributed by atoms with van der Waals surface area (Å²) in [6.45, 7) is 5.27. The van der Waals surface area contributed by atoms with Gasteiger partial charge < -0.3 is 18.8 Å². The summed E-state index contributed by atoms with van der Waals surface area (Å²) in [6, 6.07) is 4.52. The molecule has 1 fully saturated rings. The molecule has 2 atom stereocenters. The Hall–Kier alpha value is -2.21. The van der Waals surface area contributed by atoms with Crippen LogP contribution < -0.4 is 14.2 Å². The fourth-order valence-corrected chi connectivity index (χ4v) is 3.60. The van der Waals surface area contributed by atoms with Gasteiger partial charge in [-0.15, -0.1) is 0 Å². The van der Waals surface area contributed by atoms with Crippen molar-refractivity contribution in [1.82, 2.24) is 14.5 Å². The summed E-state index contributed by atoms with van der Waals surface area (Å²) >= 11 is 0. The van der Waals surface area contributed by atoms with E-state index in [-0.39, 0.29) is 0 Å². The number of rotatable bonds is 6. The second-order valence-corrected chi connectivity index (χ2v) is 6.61. The van der Waals surface area contributed by atoms with E-state index < -0.39 is 0 Å². The van der Waals surface area contributed by atoms with E-state index in [9.17, 15) is 0 Å². The van der Waals surface area contributed by atoms with Gasteiger partial charge in [-0.25, -0.2) is 4.98 Å². The first-order valence-corrected chi connectivity index (χ1v) is 8.65. The normalized spacial score (nSPS) is 21.1. The number of hydrogen-bond acceptors (Lipinski definition) is 5. The summed E-state index contributed by atoms with van der Waals surface area (Å²) in [6.07, 6.45) is 7.01. The van der Waals surface area contributed by atoms with Crippen LogP contribution >= 0.6 is 0 Å². The third-order valence-corrected chi connectivity index (χ3v) is 5.04. The molecule has 136 valence electrons. The molecular formula is C19H27N3O3. The number of benzene rings is 1. The maximum Gasteiger partial charge on any atom is 0.203 e. The van der Waals surface area contributed by atoms with Crippen LogP contribution in [0.2, 0.25) is 0 Å². The Morgan fingerprint density at radius 3 is 2.40 bits per heavy atom. The van der Waals surface area contributed by atoms with Gasteiger partial charge in [-0.3, -0.25) is 4.90 Å². The fraction of sp³-hybridized carbons (Fsp3) is 0.526. The van der Waals surface area contributed by atoms with Crippen molar-refractivity contribution in [2.75, 3.05) is 34.4 Å². The second kappa shape index (κ2) is 7.78. The molecule has 3 rings (SSSR count). The highest BCUT2D eigenvalue weighted by Crippen LogP contribution is 2.39. The number of ether oxygens (including phenoxy) is 3. The summed E-state index contributed by atoms with van der Waals surface area (Å²) in [5.41, 5.74) is 1.16. The number of piperidine rings is 1. The van der Waals surface area contributed by atoms with Crippen LogP contribution in [0.5, 0.6) is 17.2 Å². The van der Waals surface area contributed by atoms with Gasteiger partial charge in [-0.2, -0.15) is 0 Å². The molecule has 1 saturated heterocycles. The zero-order valence-electron chi connectivity index (χ0n) is 15.4. The van der Waals surface area contributed by atoms with Gasteiger partial charge in [0, 0.05) is 31.5 Å². The van der Waals surface area contributed by atoms with Crippen molar-refractivity contribution in [3.8, 4) is 17.2 Å². The minimum Gasteiger partial charge on any atom is -0.493 e. The Kier molecular flexibility index (Phi) is 5.48. The van der Waals surface area contributed by atoms with Crippen molar-refractivity contribution in [2.45, 2.75) is 25.9 Å². The molecule has 25 heavy (non-hydrogen) atoms. The van der Waals surface area contributed by atoms with Gasteiger partial charge in [-0.05, 0) is 36.6 Å². The monoisotopic (exact) mass is 345 g/mol. The molecule has 0 radical (unpaired) electrons. The molecule has 0 amide bonds. The van der Waals surface area contributed by atoms with Crippen LogP contribution in [0.25, 0.3) is 0 Å². The van der Waals surface area contributed by atoms with E-state index in [4.69, 9.17) is 14.2 Å². The summed E-state index contributed by atoms with van der Waals surface area (Å²) < 4.78 is 18.6. The summed E-state index contributed by atoms with van der Waals surface area (Å²) in [5, 5.41) is 0. The largest absolute Gasteiger partial charge is 0.493 e. The first kappa shape index (κ1) is 17.6. The predicted molar refractivity (Wildman–Crippen MR) is 96.4 cm³/mol. The van der Waals surface area contributed by atoms with Crippen molar-refractivity contribution in [2.24, 2.45) is 5.92 Å². The average molecular weight is 345 g/mol. The van der Waals surface area contributed by atoms with Crippen molar-refractivity contribution < 1.29 is 14.2 Å². The molecule has 2 aromatic rings. The Morgan fingerprint density at radius 2 is 1.84 bits per heavy atom. The van der Waals surface area contributed by atoms with Crippen molar-refractivity contribution in [3.63, 3.8) is 0 Å². The van der Waals surface area contributed by atoms with Gasteiger partial charge in [0.25, 0.3) is 0 Å². The van der Waals surface area contributed by atoms with Gasteiger partial charge in [0.15, 0.2) is 11.5 Å². The molecule has 0 unspecified atom stereocenters. The van der Waals surface area contributed by atoms with Crippen LogP contribution in [0.1, 0.15) is 24.9 Å². The molecule has 6 nitrogen and oxygen atoms in total. The number of likely N-dealkylation sites (tertiary alicyclic amines) is 1. The fourth-order valence-electron chi connectivity index (χ4n) is 3.60. The molecule has 1 aliphatic heterocycles. The topological polar surface area (TPSA) is 48.8 Å². The van der Waals surface area contributed by atoms with Gasteiger partial charge in [-0.1, -0.05) is 6.92 Å². The number of hydrogen-bond donors (Lipinski definition) is 0. The highest BCUT2D eigenvalue weighted by Gasteiger charge is 2.27. The standard InChI is InChI=1S/C19H27N3O3/c1-14-5-7-21(12-16(14)22-8-6-20-13-22)11-15-9-17(23-2)19(25-4)18(10-15)24-3/h6,8-10,13-14,16H,5,7,11-12H2,1-4H3/t14-,16-/m0/s1. The molecule has 0 saturated carbocycles. The van der Waals surface area contributed by atoms with E-state index in [1.54, 1.807) is 21.3 Å². The van der Waals surface area contributed by atoms with Crippen LogP contribution in [0.15, 0.2) is 30.9 Å².